The third-order valence-corrected chi connectivity index (χ3v) is 2.70. The van der Waals surface area contributed by atoms with Crippen LogP contribution >= 0.6 is 11.3 Å². The molecule has 0 radical (unpaired) electrons. The van der Waals surface area contributed by atoms with Crippen molar-refractivity contribution >= 4 is 33.4 Å². The molecule has 1 aromatic carbocycles. The number of para-hydroxylation sites is 1. The van der Waals surface area contributed by atoms with E-state index in [1.807, 2.05) is 6.07 Å². The van der Waals surface area contributed by atoms with E-state index >= 15 is 0 Å². The third kappa shape index (κ3) is 1.02. The summed E-state index contributed by atoms with van der Waals surface area (Å²) in [5, 5.41) is 0.749. The van der Waals surface area contributed by atoms with E-state index in [0.29, 0.717) is 0 Å². The Labute approximate surface area is 74.6 Å². The molecule has 3 heteroatoms. The number of aryl methyl sites for hydroxylation is 1. The highest BCUT2D eigenvalue weighted by atomic mass is 32.1. The van der Waals surface area contributed by atoms with Crippen LogP contribution in [-0.4, -0.2) is 11.7 Å². The molecule has 0 aliphatic heterocycles. The Bertz CT molecular complexity index is 431. The zero-order chi connectivity index (χ0) is 8.55. The first-order valence-corrected chi connectivity index (χ1v) is 4.46. The molecule has 0 saturated heterocycles. The van der Waals surface area contributed by atoms with Gasteiger partial charge in [-0.3, -0.25) is 0 Å². The maximum atomic E-state index is 4.32. The van der Waals surface area contributed by atoms with Crippen molar-refractivity contribution in [3.63, 3.8) is 0 Å². The van der Waals surface area contributed by atoms with Crippen molar-refractivity contribution in [2.24, 2.45) is 4.99 Å². The Morgan fingerprint density at radius 2 is 2.33 bits per heavy atom. The zero-order valence-corrected chi connectivity index (χ0v) is 7.56. The molecule has 0 bridgehead atoms. The van der Waals surface area contributed by atoms with Gasteiger partial charge < -0.3 is 0 Å². The summed E-state index contributed by atoms with van der Waals surface area (Å²) in [7, 11) is 0. The van der Waals surface area contributed by atoms with Crippen molar-refractivity contribution in [2.75, 3.05) is 0 Å². The molecule has 0 fully saturated rings. The smallest absolute Gasteiger partial charge is 0.209 e. The summed E-state index contributed by atoms with van der Waals surface area (Å²) in [6.07, 6.45) is 0. The van der Waals surface area contributed by atoms with Crippen LogP contribution in [-0.2, 0) is 0 Å². The van der Waals surface area contributed by atoms with Crippen LogP contribution in [0.15, 0.2) is 23.2 Å². The molecule has 0 aliphatic rings. The lowest BCUT2D eigenvalue weighted by Gasteiger charge is -1.89. The van der Waals surface area contributed by atoms with E-state index in [2.05, 4.69) is 35.8 Å². The second-order valence-electron chi connectivity index (χ2n) is 2.58. The molecular weight excluding hydrogens is 168 g/mol. The first kappa shape index (κ1) is 7.43. The number of hydrogen-bond donors (Lipinski definition) is 0. The van der Waals surface area contributed by atoms with Gasteiger partial charge in [0.05, 0.1) is 10.2 Å². The number of hydrogen-bond acceptors (Lipinski definition) is 3. The molecule has 60 valence electrons. The Kier molecular flexibility index (Phi) is 1.66. The zero-order valence-electron chi connectivity index (χ0n) is 6.74. The number of aromatic nitrogens is 1. The van der Waals surface area contributed by atoms with E-state index in [9.17, 15) is 0 Å². The lowest BCUT2D eigenvalue weighted by Crippen LogP contribution is -1.73. The molecule has 0 aliphatic carbocycles. The van der Waals surface area contributed by atoms with E-state index in [-0.39, 0.29) is 0 Å². The van der Waals surface area contributed by atoms with Gasteiger partial charge in [0.25, 0.3) is 0 Å². The topological polar surface area (TPSA) is 25.2 Å². The highest BCUT2D eigenvalue weighted by Crippen LogP contribution is 2.28. The van der Waals surface area contributed by atoms with Crippen LogP contribution in [0, 0.1) is 6.92 Å². The van der Waals surface area contributed by atoms with Crippen molar-refractivity contribution in [1.82, 2.24) is 4.98 Å². The minimum atomic E-state index is 0.749. The van der Waals surface area contributed by atoms with E-state index in [1.54, 1.807) is 11.3 Å². The maximum absolute atomic E-state index is 4.32. The second-order valence-corrected chi connectivity index (χ2v) is 3.59. The Morgan fingerprint density at radius 1 is 1.50 bits per heavy atom. The summed E-state index contributed by atoms with van der Waals surface area (Å²) in [5.74, 6) is 0. The van der Waals surface area contributed by atoms with Crippen molar-refractivity contribution in [1.29, 1.82) is 0 Å². The van der Waals surface area contributed by atoms with Gasteiger partial charge >= 0.3 is 0 Å². The van der Waals surface area contributed by atoms with E-state index < -0.39 is 0 Å². The van der Waals surface area contributed by atoms with E-state index in [1.165, 1.54) is 10.3 Å². The molecule has 0 spiro atoms. The summed E-state index contributed by atoms with van der Waals surface area (Å²) in [6.45, 7) is 5.50. The fourth-order valence-corrected chi connectivity index (χ4v) is 1.99. The Hall–Kier alpha value is -1.22. The molecule has 0 saturated carbocycles. The third-order valence-electron chi connectivity index (χ3n) is 1.74. The lowest BCUT2D eigenvalue weighted by atomic mass is 10.2. The largest absolute Gasteiger partial charge is 0.236 e. The number of aliphatic imine (C=N–C) groups is 1. The average Bonchev–Trinajstić information content (AvgIpc) is 2.49. The first-order chi connectivity index (χ1) is 5.81. The van der Waals surface area contributed by atoms with Gasteiger partial charge in [0, 0.05) is 0 Å². The van der Waals surface area contributed by atoms with Crippen LogP contribution in [0.3, 0.4) is 0 Å². The Morgan fingerprint density at radius 3 is 3.00 bits per heavy atom. The molecule has 1 aromatic heterocycles. The van der Waals surface area contributed by atoms with Crippen LogP contribution in [0.25, 0.3) is 10.2 Å². The molecule has 2 rings (SSSR count). The first-order valence-electron chi connectivity index (χ1n) is 3.64. The quantitative estimate of drug-likeness (QED) is 0.613. The van der Waals surface area contributed by atoms with Crippen LogP contribution in [0.1, 0.15) is 5.56 Å². The van der Waals surface area contributed by atoms with Crippen molar-refractivity contribution < 1.29 is 0 Å². The minimum Gasteiger partial charge on any atom is -0.236 e. The molecule has 2 aromatic rings. The SMILES string of the molecule is C=Nc1nc2c(C)cccc2s1. The van der Waals surface area contributed by atoms with Crippen LogP contribution in [0.5, 0.6) is 0 Å². The van der Waals surface area contributed by atoms with Gasteiger partial charge in [-0.25, -0.2) is 9.98 Å². The number of benzene rings is 1. The maximum Gasteiger partial charge on any atom is 0.209 e. The predicted octanol–water partition coefficient (Wildman–Crippen LogP) is 2.94. The number of rotatable bonds is 1. The van der Waals surface area contributed by atoms with Gasteiger partial charge in [-0.15, -0.1) is 0 Å². The van der Waals surface area contributed by atoms with Crippen molar-refractivity contribution in [3.05, 3.63) is 23.8 Å². The van der Waals surface area contributed by atoms with Gasteiger partial charge in [-0.05, 0) is 25.3 Å². The minimum absolute atomic E-state index is 0.749. The van der Waals surface area contributed by atoms with Crippen molar-refractivity contribution in [2.45, 2.75) is 6.92 Å². The standard InChI is InChI=1S/C9H8N2S/c1-6-4-3-5-7-8(6)11-9(10-2)12-7/h3-5H,2H2,1H3. The summed E-state index contributed by atoms with van der Waals surface area (Å²) >= 11 is 1.57. The monoisotopic (exact) mass is 176 g/mol. The highest BCUT2D eigenvalue weighted by molar-refractivity contribution is 7.22. The summed E-state index contributed by atoms with van der Waals surface area (Å²) in [5.41, 5.74) is 2.24. The average molecular weight is 176 g/mol. The van der Waals surface area contributed by atoms with Gasteiger partial charge in [0.1, 0.15) is 0 Å². The summed E-state index contributed by atoms with van der Waals surface area (Å²) in [4.78, 5) is 8.13. The van der Waals surface area contributed by atoms with Gasteiger partial charge in [0.15, 0.2) is 0 Å². The second kappa shape index (κ2) is 2.68. The molecule has 1 heterocycles. The molecular formula is C9H8N2S. The normalized spacial score (nSPS) is 10.4. The summed E-state index contributed by atoms with van der Waals surface area (Å²) < 4.78 is 1.18. The number of thiazole rings is 1. The lowest BCUT2D eigenvalue weighted by molar-refractivity contribution is 1.39. The van der Waals surface area contributed by atoms with E-state index in [4.69, 9.17) is 0 Å². The predicted molar refractivity (Wildman–Crippen MR) is 53.6 cm³/mol. The molecule has 0 atom stereocenters. The fraction of sp³-hybridized carbons (Fsp3) is 0.111. The molecule has 0 unspecified atom stereocenters. The number of fused-ring (bicyclic) bond motifs is 1. The molecule has 2 nitrogen and oxygen atoms in total. The fourth-order valence-electron chi connectivity index (χ4n) is 1.14. The highest BCUT2D eigenvalue weighted by Gasteiger charge is 2.02. The molecule has 0 N–H and O–H groups in total. The Balaban J connectivity index is 2.82. The van der Waals surface area contributed by atoms with Gasteiger partial charge in [0.2, 0.25) is 5.13 Å². The van der Waals surface area contributed by atoms with Crippen molar-refractivity contribution in [3.8, 4) is 0 Å². The van der Waals surface area contributed by atoms with Gasteiger partial charge in [-0.2, -0.15) is 0 Å². The van der Waals surface area contributed by atoms with Crippen LogP contribution in [0.4, 0.5) is 5.13 Å². The summed E-state index contributed by atoms with van der Waals surface area (Å²) in [6, 6.07) is 6.13. The van der Waals surface area contributed by atoms with Gasteiger partial charge in [-0.1, -0.05) is 23.5 Å². The van der Waals surface area contributed by atoms with E-state index in [0.717, 1.165) is 10.6 Å². The van der Waals surface area contributed by atoms with Crippen LogP contribution in [0.2, 0.25) is 0 Å². The molecule has 0 amide bonds. The molecule has 12 heavy (non-hydrogen) atoms. The number of nitrogens with zero attached hydrogens (tertiary/aromatic N) is 2. The van der Waals surface area contributed by atoms with Crippen LogP contribution < -0.4 is 0 Å².